The first-order chi connectivity index (χ1) is 12.2. The number of carbonyl (C=O) groups is 2. The maximum atomic E-state index is 12.3. The van der Waals surface area contributed by atoms with Crippen molar-refractivity contribution < 1.29 is 23.9 Å². The van der Waals surface area contributed by atoms with E-state index in [1.807, 2.05) is 18.2 Å². The highest BCUT2D eigenvalue weighted by Crippen LogP contribution is 2.60. The molecule has 6 atom stereocenters. The van der Waals surface area contributed by atoms with Gasteiger partial charge in [0.1, 0.15) is 6.10 Å². The number of nitrogens with zero attached hydrogens (tertiary/aromatic N) is 1. The van der Waals surface area contributed by atoms with Gasteiger partial charge in [0.15, 0.2) is 11.5 Å². The lowest BCUT2D eigenvalue weighted by Crippen LogP contribution is -2.41. The number of fused-ring (bicyclic) bond motifs is 8. The Hall–Kier alpha value is -2.57. The fraction of sp³-hybridized carbons (Fsp3) is 0.500. The molecule has 2 bridgehead atoms. The number of imide groups is 1. The fourth-order valence-electron chi connectivity index (χ4n) is 5.36. The van der Waals surface area contributed by atoms with Crippen LogP contribution in [0.25, 0.3) is 0 Å². The van der Waals surface area contributed by atoms with Gasteiger partial charge in [0, 0.05) is 17.4 Å². The molecule has 0 unspecified atom stereocenters. The Labute approximate surface area is 144 Å². The van der Waals surface area contributed by atoms with Crippen molar-refractivity contribution in [2.45, 2.75) is 12.5 Å². The number of nitrogens with one attached hydrogen (secondary N) is 1. The Bertz CT molecular complexity index is 820. The molecule has 130 valence electrons. The van der Waals surface area contributed by atoms with E-state index in [1.54, 1.807) is 14.2 Å². The number of oxime groups is 1. The maximum absolute atomic E-state index is 12.3. The number of amides is 2. The number of hydrogen-bond donors (Lipinski definition) is 1. The summed E-state index contributed by atoms with van der Waals surface area (Å²) in [4.78, 5) is 30.1. The molecule has 0 aromatic heterocycles. The SMILES string of the molecule is COc1cccc(C2=NO[C@@H]3[C@@H]4C[C@@H]([C@H]5C(=O)NC(=O)[C@@H]45)[C@H]23)c1OC. The summed E-state index contributed by atoms with van der Waals surface area (Å²) in [7, 11) is 3.18. The summed E-state index contributed by atoms with van der Waals surface area (Å²) in [6.45, 7) is 0. The van der Waals surface area contributed by atoms with Crippen molar-refractivity contribution in [1.82, 2.24) is 5.32 Å². The van der Waals surface area contributed by atoms with Gasteiger partial charge in [0.05, 0.1) is 31.8 Å². The largest absolute Gasteiger partial charge is 0.493 e. The average molecular weight is 342 g/mol. The zero-order valence-corrected chi connectivity index (χ0v) is 13.9. The van der Waals surface area contributed by atoms with Crippen molar-refractivity contribution in [3.63, 3.8) is 0 Å². The van der Waals surface area contributed by atoms with Gasteiger partial charge in [-0.15, -0.1) is 0 Å². The summed E-state index contributed by atoms with van der Waals surface area (Å²) in [6.07, 6.45) is 0.684. The summed E-state index contributed by atoms with van der Waals surface area (Å²) in [5.74, 6) is 0.529. The van der Waals surface area contributed by atoms with Crippen LogP contribution in [0.5, 0.6) is 11.5 Å². The minimum Gasteiger partial charge on any atom is -0.493 e. The zero-order chi connectivity index (χ0) is 17.3. The Balaban J connectivity index is 1.56. The van der Waals surface area contributed by atoms with Gasteiger partial charge in [0.25, 0.3) is 0 Å². The lowest BCUT2D eigenvalue weighted by atomic mass is 9.71. The molecule has 1 saturated heterocycles. The molecular formula is C18H18N2O5. The van der Waals surface area contributed by atoms with Crippen LogP contribution in [0.2, 0.25) is 0 Å². The van der Waals surface area contributed by atoms with Crippen LogP contribution in [-0.2, 0) is 14.4 Å². The second-order valence-electron chi connectivity index (χ2n) is 7.08. The van der Waals surface area contributed by atoms with E-state index in [0.29, 0.717) is 11.5 Å². The molecule has 5 rings (SSSR count). The lowest BCUT2D eigenvalue weighted by molar-refractivity contribution is -0.127. The van der Waals surface area contributed by atoms with Crippen molar-refractivity contribution in [3.8, 4) is 11.5 Å². The van der Waals surface area contributed by atoms with E-state index in [9.17, 15) is 9.59 Å². The molecule has 1 aromatic carbocycles. The number of hydrogen-bond acceptors (Lipinski definition) is 6. The summed E-state index contributed by atoms with van der Waals surface area (Å²) < 4.78 is 10.9. The van der Waals surface area contributed by atoms with Gasteiger partial charge in [-0.1, -0.05) is 11.2 Å². The van der Waals surface area contributed by atoms with E-state index >= 15 is 0 Å². The predicted molar refractivity (Wildman–Crippen MR) is 86.2 cm³/mol. The summed E-state index contributed by atoms with van der Waals surface area (Å²) in [5.41, 5.74) is 1.61. The van der Waals surface area contributed by atoms with Crippen LogP contribution in [0.1, 0.15) is 12.0 Å². The number of para-hydroxylation sites is 1. The molecule has 2 heterocycles. The van der Waals surface area contributed by atoms with Gasteiger partial charge in [-0.3, -0.25) is 14.9 Å². The molecule has 3 fully saturated rings. The van der Waals surface area contributed by atoms with Crippen molar-refractivity contribution in [2.75, 3.05) is 14.2 Å². The maximum Gasteiger partial charge on any atom is 0.230 e. The first-order valence-electron chi connectivity index (χ1n) is 8.45. The quantitative estimate of drug-likeness (QED) is 0.827. The number of ether oxygens (including phenoxy) is 2. The molecule has 1 N–H and O–H groups in total. The minimum atomic E-state index is -0.263. The van der Waals surface area contributed by atoms with Crippen LogP contribution in [0.3, 0.4) is 0 Å². The number of methoxy groups -OCH3 is 2. The molecule has 7 nitrogen and oxygen atoms in total. The fourth-order valence-corrected chi connectivity index (χ4v) is 5.36. The smallest absolute Gasteiger partial charge is 0.230 e. The predicted octanol–water partition coefficient (Wildman–Crippen LogP) is 0.961. The molecule has 0 spiro atoms. The van der Waals surface area contributed by atoms with E-state index in [-0.39, 0.29) is 47.5 Å². The third-order valence-electron chi connectivity index (χ3n) is 6.21. The molecule has 1 aromatic rings. The topological polar surface area (TPSA) is 86.2 Å². The Morgan fingerprint density at radius 1 is 1.08 bits per heavy atom. The second kappa shape index (κ2) is 4.97. The Morgan fingerprint density at radius 3 is 2.56 bits per heavy atom. The first kappa shape index (κ1) is 14.7. The van der Waals surface area contributed by atoms with Gasteiger partial charge in [-0.2, -0.15) is 0 Å². The minimum absolute atomic E-state index is 0.00362. The monoisotopic (exact) mass is 342 g/mol. The molecule has 7 heteroatoms. The molecule has 0 radical (unpaired) electrons. The normalized spacial score (nSPS) is 37.3. The molecule has 25 heavy (non-hydrogen) atoms. The third-order valence-corrected chi connectivity index (χ3v) is 6.21. The summed E-state index contributed by atoms with van der Waals surface area (Å²) >= 11 is 0. The van der Waals surface area contributed by atoms with Crippen LogP contribution >= 0.6 is 0 Å². The first-order valence-corrected chi connectivity index (χ1v) is 8.45. The molecule has 4 aliphatic rings. The van der Waals surface area contributed by atoms with Crippen molar-refractivity contribution >= 4 is 17.5 Å². The Kier molecular flexibility index (Phi) is 2.93. The molecule has 2 amide bonds. The van der Waals surface area contributed by atoms with E-state index in [4.69, 9.17) is 14.3 Å². The standard InChI is InChI=1S/C18H18N2O5/c1-23-10-5-3-4-7(15(10)24-2)14-13-8-6-9(16(13)25-20-14)12-11(8)17(21)19-18(12)22/h3-5,8-9,11-13,16H,6H2,1-2H3,(H,19,21,22)/t8-,9+,11+,12-,13+,16+/m0/s1. The van der Waals surface area contributed by atoms with Crippen LogP contribution in [0.4, 0.5) is 0 Å². The van der Waals surface area contributed by atoms with Crippen molar-refractivity contribution in [2.24, 2.45) is 34.7 Å². The van der Waals surface area contributed by atoms with Gasteiger partial charge < -0.3 is 14.3 Å². The molecular weight excluding hydrogens is 324 g/mol. The van der Waals surface area contributed by atoms with E-state index in [1.165, 1.54) is 0 Å². The number of carbonyl (C=O) groups excluding carboxylic acids is 2. The van der Waals surface area contributed by atoms with Gasteiger partial charge in [-0.05, 0) is 24.5 Å². The summed E-state index contributed by atoms with van der Waals surface area (Å²) in [5, 5.41) is 6.82. The van der Waals surface area contributed by atoms with Gasteiger partial charge in [-0.25, -0.2) is 0 Å². The highest BCUT2D eigenvalue weighted by atomic mass is 16.6. The second-order valence-corrected chi connectivity index (χ2v) is 7.08. The van der Waals surface area contributed by atoms with Gasteiger partial charge in [0.2, 0.25) is 11.8 Å². The highest BCUT2D eigenvalue weighted by molar-refractivity contribution is 6.09. The van der Waals surface area contributed by atoms with E-state index in [0.717, 1.165) is 17.7 Å². The highest BCUT2D eigenvalue weighted by Gasteiger charge is 2.68. The number of benzene rings is 1. The zero-order valence-electron chi connectivity index (χ0n) is 13.9. The van der Waals surface area contributed by atoms with Crippen LogP contribution < -0.4 is 14.8 Å². The van der Waals surface area contributed by atoms with Crippen molar-refractivity contribution in [3.05, 3.63) is 23.8 Å². The summed E-state index contributed by atoms with van der Waals surface area (Å²) in [6, 6.07) is 5.64. The van der Waals surface area contributed by atoms with Crippen molar-refractivity contribution in [1.29, 1.82) is 0 Å². The van der Waals surface area contributed by atoms with E-state index < -0.39 is 0 Å². The average Bonchev–Trinajstić information content (AvgIpc) is 3.34. The van der Waals surface area contributed by atoms with E-state index in [2.05, 4.69) is 10.5 Å². The third kappa shape index (κ3) is 1.73. The van der Waals surface area contributed by atoms with Gasteiger partial charge >= 0.3 is 0 Å². The molecule has 2 aliphatic heterocycles. The molecule has 2 aliphatic carbocycles. The van der Waals surface area contributed by atoms with Crippen LogP contribution in [0, 0.1) is 29.6 Å². The molecule has 2 saturated carbocycles. The van der Waals surface area contributed by atoms with Crippen LogP contribution in [0.15, 0.2) is 23.4 Å². The van der Waals surface area contributed by atoms with Crippen LogP contribution in [-0.4, -0.2) is 37.8 Å². The lowest BCUT2D eigenvalue weighted by Gasteiger charge is -2.30. The Morgan fingerprint density at radius 2 is 1.84 bits per heavy atom. The number of rotatable bonds is 3.